The van der Waals surface area contributed by atoms with Crippen LogP contribution in [0, 0.1) is 13.8 Å². The third kappa shape index (κ3) is 1.07. The van der Waals surface area contributed by atoms with Gasteiger partial charge in [0.2, 0.25) is 0 Å². The molecule has 0 fully saturated rings. The van der Waals surface area contributed by atoms with Gasteiger partial charge in [0.05, 0.1) is 0 Å². The minimum Gasteiger partial charge on any atom is -0.264 e. The summed E-state index contributed by atoms with van der Waals surface area (Å²) in [6.45, 7) is 3.73. The second kappa shape index (κ2) is 2.25. The fourth-order valence-electron chi connectivity index (χ4n) is 0.843. The van der Waals surface area contributed by atoms with E-state index in [0.717, 1.165) is 11.1 Å². The van der Waals surface area contributed by atoms with Crippen molar-refractivity contribution in [1.82, 2.24) is 5.10 Å². The van der Waals surface area contributed by atoms with E-state index < -0.39 is 0 Å². The zero-order valence-electron chi connectivity index (χ0n) is 6.43. The van der Waals surface area contributed by atoms with Crippen molar-refractivity contribution < 1.29 is 4.68 Å². The maximum Gasteiger partial charge on any atom is 0.301 e. The molecule has 1 rings (SSSR count). The molecule has 1 heterocycles. The first-order chi connectivity index (χ1) is 4.61. The van der Waals surface area contributed by atoms with Gasteiger partial charge in [-0.15, -0.1) is 9.78 Å². The number of H-pyrrole nitrogens is 1. The first kappa shape index (κ1) is 6.99. The third-order valence-electron chi connectivity index (χ3n) is 1.60. The van der Waals surface area contributed by atoms with Crippen LogP contribution in [0.25, 0.3) is 0 Å². The van der Waals surface area contributed by atoms with Crippen LogP contribution in [0.15, 0.2) is 11.0 Å². The molecule has 0 saturated carbocycles. The Balaban J connectivity index is 3.46. The zero-order chi connectivity index (χ0) is 7.72. The average molecular weight is 139 g/mol. The van der Waals surface area contributed by atoms with Crippen molar-refractivity contribution in [2.75, 3.05) is 0 Å². The smallest absolute Gasteiger partial charge is 0.264 e. The van der Waals surface area contributed by atoms with Gasteiger partial charge in [-0.05, 0) is 13.8 Å². The number of hydrogen-bond donors (Lipinski definition) is 1. The van der Waals surface area contributed by atoms with Gasteiger partial charge in [-0.3, -0.25) is 4.79 Å². The molecule has 3 nitrogen and oxygen atoms in total. The minimum absolute atomic E-state index is 0.0116. The van der Waals surface area contributed by atoms with E-state index in [1.807, 2.05) is 20.0 Å². The number of nitrogens with one attached hydrogen (secondary N) is 1. The molecule has 0 aliphatic rings. The molecule has 1 aromatic heterocycles. The van der Waals surface area contributed by atoms with Gasteiger partial charge in [0.25, 0.3) is 0 Å². The van der Waals surface area contributed by atoms with E-state index in [9.17, 15) is 4.79 Å². The topological polar surface area (TPSA) is 36.7 Å². The molecule has 1 aromatic rings. The molecule has 0 aliphatic heterocycles. The fourth-order valence-corrected chi connectivity index (χ4v) is 0.843. The first-order valence-corrected chi connectivity index (χ1v) is 3.17. The average Bonchev–Trinajstić information content (AvgIpc) is 1.82. The Morgan fingerprint density at radius 3 is 2.60 bits per heavy atom. The summed E-state index contributed by atoms with van der Waals surface area (Å²) in [5, 5.41) is 2.64. The number of rotatable bonds is 0. The van der Waals surface area contributed by atoms with Gasteiger partial charge in [-0.1, -0.05) is 0 Å². The molecule has 0 unspecified atom stereocenters. The normalized spacial score (nSPS) is 9.90. The highest BCUT2D eigenvalue weighted by molar-refractivity contribution is 5.14. The Kier molecular flexibility index (Phi) is 1.57. The van der Waals surface area contributed by atoms with Crippen molar-refractivity contribution >= 4 is 0 Å². The molecule has 3 heteroatoms. The summed E-state index contributed by atoms with van der Waals surface area (Å²) < 4.78 is 1.66. The molecule has 0 aliphatic carbocycles. The Hall–Kier alpha value is -1.12. The predicted octanol–water partition coefficient (Wildman–Crippen LogP) is -0.184. The lowest BCUT2D eigenvalue weighted by Crippen LogP contribution is -2.39. The van der Waals surface area contributed by atoms with Crippen molar-refractivity contribution in [3.63, 3.8) is 0 Å². The molecule has 0 aromatic carbocycles. The minimum atomic E-state index is -0.0116. The lowest BCUT2D eigenvalue weighted by atomic mass is 10.2. The maximum absolute atomic E-state index is 11.0. The van der Waals surface area contributed by atoms with Gasteiger partial charge < -0.3 is 0 Å². The van der Waals surface area contributed by atoms with Crippen molar-refractivity contribution in [3.05, 3.63) is 27.7 Å². The van der Waals surface area contributed by atoms with Crippen LogP contribution in [0.2, 0.25) is 0 Å². The second-order valence-corrected chi connectivity index (χ2v) is 2.49. The summed E-state index contributed by atoms with van der Waals surface area (Å²) in [5.41, 5.74) is 1.80. The molecule has 0 bridgehead atoms. The highest BCUT2D eigenvalue weighted by atomic mass is 16.1. The SMILES string of the molecule is Cc1c[n+](C)[nH]c(=O)c1C. The van der Waals surface area contributed by atoms with E-state index in [4.69, 9.17) is 0 Å². The van der Waals surface area contributed by atoms with Crippen LogP contribution >= 0.6 is 0 Å². The van der Waals surface area contributed by atoms with E-state index in [0.29, 0.717) is 0 Å². The zero-order valence-corrected chi connectivity index (χ0v) is 6.43. The standard InChI is InChI=1S/C7H10N2O/c1-5-4-9(3)8-7(10)6(5)2/h4H,1-3H3/p+1. The van der Waals surface area contributed by atoms with Crippen LogP contribution in [0.3, 0.4) is 0 Å². The Morgan fingerprint density at radius 1 is 1.50 bits per heavy atom. The van der Waals surface area contributed by atoms with Crippen molar-refractivity contribution in [3.8, 4) is 0 Å². The summed E-state index contributed by atoms with van der Waals surface area (Å²) in [6.07, 6.45) is 1.89. The summed E-state index contributed by atoms with van der Waals surface area (Å²) >= 11 is 0. The number of aryl methyl sites for hydroxylation is 2. The van der Waals surface area contributed by atoms with Crippen LogP contribution in [-0.2, 0) is 7.05 Å². The molecule has 1 N–H and O–H groups in total. The number of aromatic nitrogens is 2. The second-order valence-electron chi connectivity index (χ2n) is 2.49. The van der Waals surface area contributed by atoms with Gasteiger partial charge in [0, 0.05) is 11.1 Å². The number of nitrogens with zero attached hydrogens (tertiary/aromatic N) is 1. The lowest BCUT2D eigenvalue weighted by molar-refractivity contribution is -0.732. The molecular weight excluding hydrogens is 128 g/mol. The van der Waals surface area contributed by atoms with Gasteiger partial charge in [-0.25, -0.2) is 0 Å². The van der Waals surface area contributed by atoms with Crippen molar-refractivity contribution in [1.29, 1.82) is 0 Å². The molecule has 10 heavy (non-hydrogen) atoms. The molecule has 0 amide bonds. The molecular formula is C7H11N2O+. The summed E-state index contributed by atoms with van der Waals surface area (Å²) in [5.74, 6) is 0. The van der Waals surface area contributed by atoms with Gasteiger partial charge in [0.1, 0.15) is 0 Å². The highest BCUT2D eigenvalue weighted by Crippen LogP contribution is 1.92. The lowest BCUT2D eigenvalue weighted by Gasteiger charge is -1.92. The van der Waals surface area contributed by atoms with E-state index in [1.54, 1.807) is 11.7 Å². The van der Waals surface area contributed by atoms with Crippen molar-refractivity contribution in [2.24, 2.45) is 7.05 Å². The fraction of sp³-hybridized carbons (Fsp3) is 0.429. The van der Waals surface area contributed by atoms with Crippen LogP contribution in [0.1, 0.15) is 11.1 Å². The quantitative estimate of drug-likeness (QED) is 0.497. The number of aromatic amines is 1. The number of hydrogen-bond acceptors (Lipinski definition) is 1. The predicted molar refractivity (Wildman–Crippen MR) is 37.7 cm³/mol. The van der Waals surface area contributed by atoms with E-state index in [1.165, 1.54) is 0 Å². The van der Waals surface area contributed by atoms with Crippen LogP contribution < -0.4 is 10.2 Å². The van der Waals surface area contributed by atoms with Gasteiger partial charge >= 0.3 is 5.56 Å². The van der Waals surface area contributed by atoms with Crippen LogP contribution in [0.5, 0.6) is 0 Å². The Morgan fingerprint density at radius 2 is 2.10 bits per heavy atom. The maximum atomic E-state index is 11.0. The first-order valence-electron chi connectivity index (χ1n) is 3.17. The summed E-state index contributed by atoms with van der Waals surface area (Å²) in [4.78, 5) is 11.0. The van der Waals surface area contributed by atoms with Gasteiger partial charge in [-0.2, -0.15) is 0 Å². The molecule has 0 spiro atoms. The molecule has 0 radical (unpaired) electrons. The molecule has 54 valence electrons. The van der Waals surface area contributed by atoms with E-state index in [2.05, 4.69) is 5.10 Å². The monoisotopic (exact) mass is 139 g/mol. The largest absolute Gasteiger partial charge is 0.301 e. The molecule has 0 saturated heterocycles. The van der Waals surface area contributed by atoms with Gasteiger partial charge in [0.15, 0.2) is 13.2 Å². The highest BCUT2D eigenvalue weighted by Gasteiger charge is 2.01. The Bertz CT molecular complexity index is 301. The van der Waals surface area contributed by atoms with Crippen molar-refractivity contribution in [2.45, 2.75) is 13.8 Å². The summed E-state index contributed by atoms with van der Waals surface area (Å²) in [6, 6.07) is 0. The van der Waals surface area contributed by atoms with E-state index >= 15 is 0 Å². The van der Waals surface area contributed by atoms with Crippen LogP contribution in [-0.4, -0.2) is 5.10 Å². The third-order valence-corrected chi connectivity index (χ3v) is 1.60. The summed E-state index contributed by atoms with van der Waals surface area (Å²) in [7, 11) is 1.80. The van der Waals surface area contributed by atoms with E-state index in [-0.39, 0.29) is 5.56 Å². The Labute approximate surface area is 59.3 Å². The molecule has 0 atom stereocenters. The van der Waals surface area contributed by atoms with Crippen LogP contribution in [0.4, 0.5) is 0 Å².